The van der Waals surface area contributed by atoms with Crippen molar-refractivity contribution in [3.63, 3.8) is 0 Å². The summed E-state index contributed by atoms with van der Waals surface area (Å²) in [6, 6.07) is 9.75. The van der Waals surface area contributed by atoms with Crippen LogP contribution < -0.4 is 10.6 Å². The highest BCUT2D eigenvalue weighted by Gasteiger charge is 2.16. The van der Waals surface area contributed by atoms with Gasteiger partial charge < -0.3 is 10.6 Å². The lowest BCUT2D eigenvalue weighted by Crippen LogP contribution is -2.29. The molecule has 23 heavy (non-hydrogen) atoms. The molecule has 1 atom stereocenters. The van der Waals surface area contributed by atoms with Crippen LogP contribution in [0.25, 0.3) is 0 Å². The zero-order valence-electron chi connectivity index (χ0n) is 14.1. The second kappa shape index (κ2) is 11.4. The van der Waals surface area contributed by atoms with Gasteiger partial charge in [-0.05, 0) is 37.6 Å². The molecule has 1 unspecified atom stereocenters. The third kappa shape index (κ3) is 7.11. The van der Waals surface area contributed by atoms with E-state index in [4.69, 9.17) is 0 Å². The van der Waals surface area contributed by atoms with Crippen LogP contribution in [0.4, 0.5) is 0 Å². The molecule has 1 rings (SSSR count). The highest BCUT2D eigenvalue weighted by Crippen LogP contribution is 2.23. The van der Waals surface area contributed by atoms with Crippen molar-refractivity contribution in [1.29, 1.82) is 0 Å². The first-order chi connectivity index (χ1) is 11.2. The number of nitrogens with one attached hydrogen (secondary N) is 2. The maximum atomic E-state index is 12.3. The normalized spacial score (nSPS) is 12.5. The Bertz CT molecular complexity index is 520. The molecular formula is C20H28N2O. The van der Waals surface area contributed by atoms with Gasteiger partial charge in [-0.2, -0.15) is 0 Å². The van der Waals surface area contributed by atoms with E-state index in [9.17, 15) is 4.79 Å². The van der Waals surface area contributed by atoms with Crippen molar-refractivity contribution >= 4 is 5.91 Å². The molecule has 0 fully saturated rings. The van der Waals surface area contributed by atoms with Gasteiger partial charge in [0.2, 0.25) is 5.91 Å². The molecule has 3 heteroatoms. The summed E-state index contributed by atoms with van der Waals surface area (Å²) in [5, 5.41) is 6.24. The van der Waals surface area contributed by atoms with Crippen LogP contribution in [-0.4, -0.2) is 19.5 Å². The third-order valence-corrected chi connectivity index (χ3v) is 3.65. The maximum absolute atomic E-state index is 12.3. The Morgan fingerprint density at radius 3 is 2.52 bits per heavy atom. The lowest BCUT2D eigenvalue weighted by molar-refractivity contribution is -0.121. The predicted molar refractivity (Wildman–Crippen MR) is 98.2 cm³/mol. The van der Waals surface area contributed by atoms with Crippen LogP contribution in [-0.2, 0) is 4.79 Å². The Kier molecular flexibility index (Phi) is 9.41. The Balaban J connectivity index is 2.70. The fourth-order valence-electron chi connectivity index (χ4n) is 2.42. The van der Waals surface area contributed by atoms with Gasteiger partial charge in [0, 0.05) is 6.42 Å². The molecule has 124 valence electrons. The van der Waals surface area contributed by atoms with Crippen molar-refractivity contribution in [2.75, 3.05) is 13.6 Å². The molecule has 0 aliphatic carbocycles. The lowest BCUT2D eigenvalue weighted by atomic mass is 9.97. The van der Waals surface area contributed by atoms with Gasteiger partial charge >= 0.3 is 0 Å². The van der Waals surface area contributed by atoms with Crippen LogP contribution in [0.1, 0.15) is 37.3 Å². The van der Waals surface area contributed by atoms with E-state index in [1.54, 1.807) is 12.2 Å². The van der Waals surface area contributed by atoms with Crippen LogP contribution in [0.5, 0.6) is 0 Å². The minimum Gasteiger partial charge on any atom is -0.345 e. The number of allylic oxidation sites excluding steroid dienone is 2. The average Bonchev–Trinajstić information content (AvgIpc) is 2.58. The molecule has 0 saturated heterocycles. The van der Waals surface area contributed by atoms with Crippen LogP contribution in [0.15, 0.2) is 67.3 Å². The average molecular weight is 312 g/mol. The summed E-state index contributed by atoms with van der Waals surface area (Å²) < 4.78 is 0. The Morgan fingerprint density at radius 2 is 1.91 bits per heavy atom. The number of rotatable bonds is 11. The topological polar surface area (TPSA) is 41.1 Å². The number of carbonyl (C=O) groups is 1. The van der Waals surface area contributed by atoms with E-state index in [1.807, 2.05) is 43.5 Å². The minimum atomic E-state index is -0.184. The van der Waals surface area contributed by atoms with Crippen LogP contribution in [0.3, 0.4) is 0 Å². The van der Waals surface area contributed by atoms with E-state index in [-0.39, 0.29) is 11.9 Å². The smallest absolute Gasteiger partial charge is 0.220 e. The Hall–Kier alpha value is -2.13. The van der Waals surface area contributed by atoms with Gasteiger partial charge in [-0.25, -0.2) is 0 Å². The van der Waals surface area contributed by atoms with E-state index < -0.39 is 0 Å². The van der Waals surface area contributed by atoms with Crippen molar-refractivity contribution in [2.45, 2.75) is 31.7 Å². The molecule has 0 aromatic heterocycles. The monoisotopic (exact) mass is 312 g/mol. The third-order valence-electron chi connectivity index (χ3n) is 3.65. The molecule has 0 aliphatic rings. The van der Waals surface area contributed by atoms with E-state index in [0.29, 0.717) is 6.42 Å². The summed E-state index contributed by atoms with van der Waals surface area (Å²) in [7, 11) is 1.94. The second-order valence-electron chi connectivity index (χ2n) is 5.43. The molecule has 2 N–H and O–H groups in total. The number of hydrogen-bond acceptors (Lipinski definition) is 2. The number of unbranched alkanes of at least 4 members (excludes halogenated alkanes) is 2. The van der Waals surface area contributed by atoms with Crippen molar-refractivity contribution in [3.8, 4) is 0 Å². The molecule has 0 aliphatic heterocycles. The van der Waals surface area contributed by atoms with Gasteiger partial charge in [0.05, 0.1) is 6.04 Å². The first-order valence-electron chi connectivity index (χ1n) is 8.17. The van der Waals surface area contributed by atoms with Crippen LogP contribution >= 0.6 is 0 Å². The standard InChI is InChI=1S/C20H28N2O/c1-4-12-17(5-2)20(18-13-8-6-9-14-18)22-19(23)15-10-7-11-16-21-3/h4-6,8-9,12-14,20-21H,1-2,7,10-11,15-16H2,3H3,(H,22,23)/b17-12+. The van der Waals surface area contributed by atoms with E-state index in [2.05, 4.69) is 23.8 Å². The molecule has 1 aromatic rings. The van der Waals surface area contributed by atoms with Crippen LogP contribution in [0, 0.1) is 0 Å². The van der Waals surface area contributed by atoms with Crippen molar-refractivity contribution in [1.82, 2.24) is 10.6 Å². The highest BCUT2D eigenvalue weighted by molar-refractivity contribution is 5.77. The number of amides is 1. The van der Waals surface area contributed by atoms with Gasteiger partial charge in [-0.3, -0.25) is 4.79 Å². The Morgan fingerprint density at radius 1 is 1.17 bits per heavy atom. The van der Waals surface area contributed by atoms with Crippen molar-refractivity contribution < 1.29 is 4.79 Å². The zero-order valence-corrected chi connectivity index (χ0v) is 14.1. The second-order valence-corrected chi connectivity index (χ2v) is 5.43. The fraction of sp³-hybridized carbons (Fsp3) is 0.350. The van der Waals surface area contributed by atoms with Crippen LogP contribution in [0.2, 0.25) is 0 Å². The molecule has 0 bridgehead atoms. The lowest BCUT2D eigenvalue weighted by Gasteiger charge is -2.20. The quantitative estimate of drug-likeness (QED) is 0.480. The highest BCUT2D eigenvalue weighted by atomic mass is 16.1. The van der Waals surface area contributed by atoms with Gasteiger partial charge in [-0.1, -0.05) is 68.1 Å². The van der Waals surface area contributed by atoms with Crippen molar-refractivity contribution in [2.24, 2.45) is 0 Å². The van der Waals surface area contributed by atoms with Gasteiger partial charge in [-0.15, -0.1) is 0 Å². The van der Waals surface area contributed by atoms with Crippen molar-refractivity contribution in [3.05, 3.63) is 72.9 Å². The molecular weight excluding hydrogens is 284 g/mol. The summed E-state index contributed by atoms with van der Waals surface area (Å²) in [6.45, 7) is 8.59. The molecule has 1 amide bonds. The fourth-order valence-corrected chi connectivity index (χ4v) is 2.42. The summed E-state index contributed by atoms with van der Waals surface area (Å²) in [5.74, 6) is 0.0696. The summed E-state index contributed by atoms with van der Waals surface area (Å²) in [5.41, 5.74) is 1.98. The number of hydrogen-bond donors (Lipinski definition) is 2. The number of carbonyl (C=O) groups excluding carboxylic acids is 1. The molecule has 0 heterocycles. The van der Waals surface area contributed by atoms with Gasteiger partial charge in [0.1, 0.15) is 0 Å². The first-order valence-corrected chi connectivity index (χ1v) is 8.17. The zero-order chi connectivity index (χ0) is 16.9. The molecule has 0 saturated carbocycles. The molecule has 1 aromatic carbocycles. The largest absolute Gasteiger partial charge is 0.345 e. The van der Waals surface area contributed by atoms with E-state index in [1.165, 1.54) is 0 Å². The molecule has 0 radical (unpaired) electrons. The van der Waals surface area contributed by atoms with E-state index in [0.717, 1.165) is 36.9 Å². The Labute approximate surface area is 140 Å². The summed E-state index contributed by atoms with van der Waals surface area (Å²) in [6.07, 6.45) is 8.98. The van der Waals surface area contributed by atoms with E-state index >= 15 is 0 Å². The minimum absolute atomic E-state index is 0.0696. The first kappa shape index (κ1) is 18.9. The van der Waals surface area contributed by atoms with Gasteiger partial charge in [0.25, 0.3) is 0 Å². The number of benzene rings is 1. The van der Waals surface area contributed by atoms with Gasteiger partial charge in [0.15, 0.2) is 0 Å². The molecule has 3 nitrogen and oxygen atoms in total. The summed E-state index contributed by atoms with van der Waals surface area (Å²) >= 11 is 0. The molecule has 0 spiro atoms. The summed E-state index contributed by atoms with van der Waals surface area (Å²) in [4.78, 5) is 12.3. The maximum Gasteiger partial charge on any atom is 0.220 e. The SMILES string of the molecule is C=C/C=C(\C=C)C(NC(=O)CCCCCNC)c1ccccc1. The predicted octanol–water partition coefficient (Wildman–Crippen LogP) is 3.92.